The van der Waals surface area contributed by atoms with Crippen LogP contribution in [0, 0.1) is 6.92 Å². The average molecular weight is 347 g/mol. The second kappa shape index (κ2) is 8.18. The molecule has 0 unspecified atom stereocenters. The molecule has 138 valence electrons. The van der Waals surface area contributed by atoms with Gasteiger partial charge >= 0.3 is 6.09 Å². The number of guanidine groups is 1. The number of likely N-dealkylation sites (tertiary alicyclic amines) is 1. The van der Waals surface area contributed by atoms with E-state index in [1.54, 1.807) is 11.9 Å². The van der Waals surface area contributed by atoms with E-state index >= 15 is 0 Å². The molecule has 2 heterocycles. The van der Waals surface area contributed by atoms with Gasteiger partial charge in [-0.1, -0.05) is 0 Å². The summed E-state index contributed by atoms with van der Waals surface area (Å²) < 4.78 is 5.35. The first-order chi connectivity index (χ1) is 11.8. The number of aromatic nitrogens is 1. The third-order valence-electron chi connectivity index (χ3n) is 3.92. The maximum atomic E-state index is 11.9. The van der Waals surface area contributed by atoms with Crippen LogP contribution >= 0.6 is 0 Å². The zero-order valence-corrected chi connectivity index (χ0v) is 15.8. The largest absolute Gasteiger partial charge is 0.444 e. The summed E-state index contributed by atoms with van der Waals surface area (Å²) in [6, 6.07) is 2.24. The number of ether oxygens (including phenoxy) is 1. The molecule has 1 aromatic rings. The Kier molecular flexibility index (Phi) is 6.22. The molecule has 1 fully saturated rings. The van der Waals surface area contributed by atoms with Gasteiger partial charge in [-0.05, 0) is 51.3 Å². The van der Waals surface area contributed by atoms with Crippen LogP contribution in [0.25, 0.3) is 0 Å². The van der Waals surface area contributed by atoms with Gasteiger partial charge in [-0.2, -0.15) is 0 Å². The van der Waals surface area contributed by atoms with Crippen LogP contribution in [0.1, 0.15) is 31.9 Å². The predicted octanol–water partition coefficient (Wildman–Crippen LogP) is 1.72. The van der Waals surface area contributed by atoms with Crippen molar-refractivity contribution in [1.82, 2.24) is 20.5 Å². The Labute approximate surface area is 149 Å². The minimum Gasteiger partial charge on any atom is -0.444 e. The van der Waals surface area contributed by atoms with Crippen LogP contribution in [0.5, 0.6) is 0 Å². The van der Waals surface area contributed by atoms with E-state index in [1.807, 2.05) is 39.2 Å². The smallest absolute Gasteiger partial charge is 0.410 e. The summed E-state index contributed by atoms with van der Waals surface area (Å²) in [6.45, 7) is 9.71. The van der Waals surface area contributed by atoms with E-state index in [-0.39, 0.29) is 12.1 Å². The monoisotopic (exact) mass is 347 g/mol. The number of rotatable bonds is 4. The van der Waals surface area contributed by atoms with E-state index in [4.69, 9.17) is 4.74 Å². The van der Waals surface area contributed by atoms with Crippen LogP contribution in [-0.2, 0) is 11.2 Å². The number of hydrogen-bond acceptors (Lipinski definition) is 4. The van der Waals surface area contributed by atoms with Gasteiger partial charge in [0.05, 0.1) is 6.04 Å². The number of carbonyl (C=O) groups excluding carboxylic acids is 1. The standard InChI is InChI=1S/C18H29N5O2/c1-13-10-20-8-6-14(13)7-9-21-16(19-5)22-15-11-23(12-15)17(24)25-18(2,3)4/h6,8,10,15H,7,9,11-12H2,1-5H3,(H2,19,21,22). The minimum atomic E-state index is -0.460. The van der Waals surface area contributed by atoms with Crippen LogP contribution in [-0.4, -0.2) is 60.3 Å². The summed E-state index contributed by atoms with van der Waals surface area (Å²) >= 11 is 0. The Hall–Kier alpha value is -2.31. The first kappa shape index (κ1) is 19.0. The Balaban J connectivity index is 1.70. The minimum absolute atomic E-state index is 0.196. The molecule has 0 bridgehead atoms. The Morgan fingerprint density at radius 3 is 2.76 bits per heavy atom. The molecule has 1 saturated heterocycles. The van der Waals surface area contributed by atoms with Crippen molar-refractivity contribution in [3.63, 3.8) is 0 Å². The molecule has 0 saturated carbocycles. The van der Waals surface area contributed by atoms with Crippen molar-refractivity contribution < 1.29 is 9.53 Å². The van der Waals surface area contributed by atoms with Gasteiger partial charge in [-0.25, -0.2) is 4.79 Å². The maximum Gasteiger partial charge on any atom is 0.410 e. The number of nitrogens with zero attached hydrogens (tertiary/aromatic N) is 3. The number of carbonyl (C=O) groups is 1. The van der Waals surface area contributed by atoms with E-state index in [0.29, 0.717) is 13.1 Å². The molecule has 1 aromatic heterocycles. The third-order valence-corrected chi connectivity index (χ3v) is 3.92. The van der Waals surface area contributed by atoms with Gasteiger partial charge < -0.3 is 20.3 Å². The van der Waals surface area contributed by atoms with Crippen LogP contribution in [0.15, 0.2) is 23.5 Å². The molecule has 7 heteroatoms. The van der Waals surface area contributed by atoms with Gasteiger partial charge in [0.15, 0.2) is 5.96 Å². The summed E-state index contributed by atoms with van der Waals surface area (Å²) in [5.74, 6) is 0.751. The predicted molar refractivity (Wildman–Crippen MR) is 98.8 cm³/mol. The highest BCUT2D eigenvalue weighted by Crippen LogP contribution is 2.15. The molecule has 1 aliphatic heterocycles. The molecule has 0 spiro atoms. The molecular weight excluding hydrogens is 318 g/mol. The zero-order chi connectivity index (χ0) is 18.4. The molecule has 0 aromatic carbocycles. The molecule has 25 heavy (non-hydrogen) atoms. The molecule has 1 amide bonds. The highest BCUT2D eigenvalue weighted by atomic mass is 16.6. The fourth-order valence-corrected chi connectivity index (χ4v) is 2.53. The van der Waals surface area contributed by atoms with E-state index in [9.17, 15) is 4.79 Å². The van der Waals surface area contributed by atoms with Crippen molar-refractivity contribution in [2.75, 3.05) is 26.7 Å². The van der Waals surface area contributed by atoms with E-state index in [0.717, 1.165) is 18.9 Å². The van der Waals surface area contributed by atoms with Crippen molar-refractivity contribution in [3.8, 4) is 0 Å². The van der Waals surface area contributed by atoms with Crippen LogP contribution in [0.2, 0.25) is 0 Å². The Morgan fingerprint density at radius 2 is 2.16 bits per heavy atom. The van der Waals surface area contributed by atoms with E-state index < -0.39 is 5.60 Å². The normalized spacial score (nSPS) is 15.6. The molecule has 2 N–H and O–H groups in total. The van der Waals surface area contributed by atoms with Gasteiger partial charge in [0.1, 0.15) is 5.60 Å². The zero-order valence-electron chi connectivity index (χ0n) is 15.8. The lowest BCUT2D eigenvalue weighted by molar-refractivity contribution is 0.00701. The SMILES string of the molecule is CN=C(NCCc1ccncc1C)NC1CN(C(=O)OC(C)(C)C)C1. The van der Waals surface area contributed by atoms with Crippen LogP contribution in [0.3, 0.4) is 0 Å². The molecular formula is C18H29N5O2. The Bertz CT molecular complexity index is 618. The fourth-order valence-electron chi connectivity index (χ4n) is 2.53. The van der Waals surface area contributed by atoms with Gasteiger partial charge in [0.25, 0.3) is 0 Å². The van der Waals surface area contributed by atoms with Gasteiger partial charge in [0.2, 0.25) is 0 Å². The maximum absolute atomic E-state index is 11.9. The summed E-state index contributed by atoms with van der Waals surface area (Å²) in [6.07, 6.45) is 4.34. The second-order valence-electron chi connectivity index (χ2n) is 7.28. The number of aliphatic imine (C=N–C) groups is 1. The lowest BCUT2D eigenvalue weighted by Gasteiger charge is -2.40. The highest BCUT2D eigenvalue weighted by Gasteiger charge is 2.34. The van der Waals surface area contributed by atoms with E-state index in [2.05, 4.69) is 27.5 Å². The van der Waals surface area contributed by atoms with Crippen molar-refractivity contribution in [1.29, 1.82) is 0 Å². The van der Waals surface area contributed by atoms with E-state index in [1.165, 1.54) is 11.1 Å². The van der Waals surface area contributed by atoms with Gasteiger partial charge in [-0.3, -0.25) is 9.98 Å². The first-order valence-electron chi connectivity index (χ1n) is 8.63. The quantitative estimate of drug-likeness (QED) is 0.640. The fraction of sp³-hybridized carbons (Fsp3) is 0.611. The molecule has 0 radical (unpaired) electrons. The Morgan fingerprint density at radius 1 is 1.44 bits per heavy atom. The molecule has 7 nitrogen and oxygen atoms in total. The number of aryl methyl sites for hydroxylation is 1. The summed E-state index contributed by atoms with van der Waals surface area (Å²) in [7, 11) is 1.75. The number of amides is 1. The van der Waals surface area contributed by atoms with Crippen molar-refractivity contribution in [2.45, 2.75) is 45.8 Å². The number of hydrogen-bond donors (Lipinski definition) is 2. The second-order valence-corrected chi connectivity index (χ2v) is 7.28. The average Bonchev–Trinajstić information content (AvgIpc) is 2.48. The van der Waals surface area contributed by atoms with Gasteiger partial charge in [-0.15, -0.1) is 0 Å². The lowest BCUT2D eigenvalue weighted by atomic mass is 10.1. The molecule has 1 aliphatic rings. The highest BCUT2D eigenvalue weighted by molar-refractivity contribution is 5.80. The first-order valence-corrected chi connectivity index (χ1v) is 8.63. The lowest BCUT2D eigenvalue weighted by Crippen LogP contribution is -2.63. The molecule has 0 aliphatic carbocycles. The molecule has 2 rings (SSSR count). The topological polar surface area (TPSA) is 78.9 Å². The summed E-state index contributed by atoms with van der Waals surface area (Å²) in [5, 5.41) is 6.64. The summed E-state index contributed by atoms with van der Waals surface area (Å²) in [5.41, 5.74) is 2.01. The third kappa shape index (κ3) is 5.92. The van der Waals surface area contributed by atoms with Crippen LogP contribution < -0.4 is 10.6 Å². The summed E-state index contributed by atoms with van der Waals surface area (Å²) in [4.78, 5) is 22.0. The molecule has 0 atom stereocenters. The van der Waals surface area contributed by atoms with Crippen molar-refractivity contribution >= 4 is 12.1 Å². The van der Waals surface area contributed by atoms with Gasteiger partial charge in [0, 0.05) is 39.1 Å². The van der Waals surface area contributed by atoms with Crippen LogP contribution in [0.4, 0.5) is 4.79 Å². The van der Waals surface area contributed by atoms with Crippen molar-refractivity contribution in [3.05, 3.63) is 29.6 Å². The van der Waals surface area contributed by atoms with Crippen molar-refractivity contribution in [2.24, 2.45) is 4.99 Å². The number of pyridine rings is 1. The number of nitrogens with one attached hydrogen (secondary N) is 2.